The fraction of sp³-hybridized carbons (Fsp3) is 0.226. The summed E-state index contributed by atoms with van der Waals surface area (Å²) in [5.74, 6) is 1.15. The number of nitrogens with zero attached hydrogens (tertiary/aromatic N) is 2. The summed E-state index contributed by atoms with van der Waals surface area (Å²) in [5, 5.41) is 5.22. The van der Waals surface area contributed by atoms with Crippen molar-refractivity contribution in [2.75, 3.05) is 9.80 Å². The van der Waals surface area contributed by atoms with E-state index in [0.717, 1.165) is 18.5 Å². The van der Waals surface area contributed by atoms with Gasteiger partial charge in [-0.3, -0.25) is 0 Å². The minimum absolute atomic E-state index is 0.571. The maximum Gasteiger partial charge on any atom is 0.0620 e. The van der Waals surface area contributed by atoms with Gasteiger partial charge in [-0.1, -0.05) is 178 Å². The van der Waals surface area contributed by atoms with Gasteiger partial charge in [-0.05, 0) is 138 Å². The molecule has 0 spiro atoms. The number of hydrogen-bond donors (Lipinski definition) is 0. The highest BCUT2D eigenvalue weighted by molar-refractivity contribution is 6.23. The van der Waals surface area contributed by atoms with Crippen molar-refractivity contribution < 1.29 is 0 Å². The van der Waals surface area contributed by atoms with Crippen LogP contribution in [0.3, 0.4) is 0 Å². The second kappa shape index (κ2) is 18.2. The molecular formula is C62H58N2. The van der Waals surface area contributed by atoms with Crippen LogP contribution in [0.2, 0.25) is 0 Å². The van der Waals surface area contributed by atoms with E-state index >= 15 is 0 Å². The van der Waals surface area contributed by atoms with Crippen molar-refractivity contribution in [2.24, 2.45) is 0 Å². The molecule has 3 aliphatic carbocycles. The molecule has 8 aromatic carbocycles. The molecule has 0 saturated heterocycles. The normalized spacial score (nSPS) is 15.9. The van der Waals surface area contributed by atoms with Crippen LogP contribution in [0.25, 0.3) is 43.8 Å². The Bertz CT molecular complexity index is 2920. The van der Waals surface area contributed by atoms with Gasteiger partial charge in [0.2, 0.25) is 0 Å². The van der Waals surface area contributed by atoms with Crippen molar-refractivity contribution in [3.63, 3.8) is 0 Å². The van der Waals surface area contributed by atoms with Crippen molar-refractivity contribution in [1.82, 2.24) is 0 Å². The van der Waals surface area contributed by atoms with Crippen molar-refractivity contribution in [2.45, 2.75) is 88.9 Å². The van der Waals surface area contributed by atoms with Crippen molar-refractivity contribution in [1.29, 1.82) is 0 Å². The molecule has 0 bridgehead atoms. The van der Waals surface area contributed by atoms with Gasteiger partial charge in [-0.2, -0.15) is 0 Å². The molecular weight excluding hydrogens is 773 g/mol. The van der Waals surface area contributed by atoms with Gasteiger partial charge in [0.25, 0.3) is 0 Å². The van der Waals surface area contributed by atoms with Crippen LogP contribution in [-0.2, 0) is 0 Å². The lowest BCUT2D eigenvalue weighted by molar-refractivity contribution is 0.444. The van der Waals surface area contributed by atoms with E-state index in [2.05, 4.69) is 204 Å². The average molecular weight is 831 g/mol. The van der Waals surface area contributed by atoms with E-state index in [1.54, 1.807) is 0 Å². The number of rotatable bonds is 10. The summed E-state index contributed by atoms with van der Waals surface area (Å²) in [6.45, 7) is 0. The summed E-state index contributed by atoms with van der Waals surface area (Å²) in [6.07, 6.45) is 21.9. The van der Waals surface area contributed by atoms with Crippen molar-refractivity contribution >= 4 is 50.0 Å². The van der Waals surface area contributed by atoms with Gasteiger partial charge in [-0.15, -0.1) is 0 Å². The Morgan fingerprint density at radius 2 is 0.781 bits per heavy atom. The molecule has 2 heteroatoms. The Balaban J connectivity index is 1.21. The summed E-state index contributed by atoms with van der Waals surface area (Å²) < 4.78 is 0. The molecule has 2 nitrogen and oxygen atoms in total. The topological polar surface area (TPSA) is 6.48 Å². The molecule has 64 heavy (non-hydrogen) atoms. The zero-order chi connectivity index (χ0) is 42.7. The SMILES string of the molecule is C1=CCCC(N(c2ccc(-c3ccccc3)cc2)c2c3cc(C4CCCCC4)ccc3c(N(c3ccccc3)c3ccc(-c4ccccc4)cc3)c3cc(C4CCCCC4)ccc23)=C1. The van der Waals surface area contributed by atoms with Gasteiger partial charge in [0, 0.05) is 44.3 Å². The molecule has 0 aromatic heterocycles. The second-order valence-corrected chi connectivity index (χ2v) is 18.4. The lowest BCUT2D eigenvalue weighted by Crippen LogP contribution is -2.19. The molecule has 0 aliphatic heterocycles. The van der Waals surface area contributed by atoms with Crippen LogP contribution in [0.5, 0.6) is 0 Å². The van der Waals surface area contributed by atoms with Gasteiger partial charge < -0.3 is 9.80 Å². The zero-order valence-corrected chi connectivity index (χ0v) is 37.0. The second-order valence-electron chi connectivity index (χ2n) is 18.4. The summed E-state index contributed by atoms with van der Waals surface area (Å²) in [5.41, 5.74) is 15.3. The van der Waals surface area contributed by atoms with Crippen LogP contribution in [0.15, 0.2) is 200 Å². The first-order valence-electron chi connectivity index (χ1n) is 24.1. The van der Waals surface area contributed by atoms with Crippen LogP contribution in [-0.4, -0.2) is 0 Å². The van der Waals surface area contributed by atoms with Crippen LogP contribution < -0.4 is 9.80 Å². The third kappa shape index (κ3) is 7.96. The Morgan fingerprint density at radius 3 is 1.25 bits per heavy atom. The molecule has 0 N–H and O–H groups in total. The summed E-state index contributed by atoms with van der Waals surface area (Å²) in [6, 6.07) is 66.5. The number of para-hydroxylation sites is 1. The van der Waals surface area contributed by atoms with Gasteiger partial charge in [0.1, 0.15) is 0 Å². The highest BCUT2D eigenvalue weighted by Gasteiger charge is 2.29. The number of hydrogen-bond acceptors (Lipinski definition) is 2. The van der Waals surface area contributed by atoms with E-state index in [9.17, 15) is 0 Å². The van der Waals surface area contributed by atoms with Crippen LogP contribution >= 0.6 is 0 Å². The van der Waals surface area contributed by atoms with Gasteiger partial charge >= 0.3 is 0 Å². The largest absolute Gasteiger partial charge is 0.313 e. The molecule has 316 valence electrons. The van der Waals surface area contributed by atoms with Gasteiger partial charge in [0.15, 0.2) is 0 Å². The molecule has 3 aliphatic rings. The molecule has 8 aromatic rings. The summed E-state index contributed by atoms with van der Waals surface area (Å²) in [4.78, 5) is 5.20. The maximum atomic E-state index is 2.64. The first-order chi connectivity index (χ1) is 31.8. The molecule has 0 unspecified atom stereocenters. The minimum atomic E-state index is 0.571. The standard InChI is InChI=1S/C62H58N2/c1-7-19-45(20-8-1)49-31-37-55(38-32-49)63(53-27-15-5-16-28-53)61-57-41-35-52(48-25-13-4-14-26-48)44-60(57)62(58-42-36-51(43-59(58)61)47-23-11-3-12-24-47)64(54-29-17-6-18-30-54)56-39-33-50(34-40-56)46-21-9-2-10-22-46/h1-2,5-10,15-17,19-22,27-29,31-44,47-48H,3-4,11-14,18,23-26,30H2. The third-order valence-corrected chi connectivity index (χ3v) is 14.5. The fourth-order valence-electron chi connectivity index (χ4n) is 11.1. The van der Waals surface area contributed by atoms with E-state index in [4.69, 9.17) is 0 Å². The summed E-state index contributed by atoms with van der Waals surface area (Å²) in [7, 11) is 0. The highest BCUT2D eigenvalue weighted by atomic mass is 15.2. The molecule has 11 rings (SSSR count). The maximum absolute atomic E-state index is 2.64. The number of benzene rings is 8. The Morgan fingerprint density at radius 1 is 0.359 bits per heavy atom. The minimum Gasteiger partial charge on any atom is -0.313 e. The quantitative estimate of drug-likeness (QED) is 0.100. The predicted molar refractivity (Wildman–Crippen MR) is 274 cm³/mol. The van der Waals surface area contributed by atoms with E-state index in [1.165, 1.54) is 148 Å². The third-order valence-electron chi connectivity index (χ3n) is 14.5. The zero-order valence-electron chi connectivity index (χ0n) is 37.0. The molecule has 0 radical (unpaired) electrons. The van der Waals surface area contributed by atoms with Gasteiger partial charge in [-0.25, -0.2) is 0 Å². The molecule has 2 saturated carbocycles. The number of allylic oxidation sites excluding steroid dienone is 4. The molecule has 0 atom stereocenters. The average Bonchev–Trinajstić information content (AvgIpc) is 3.39. The lowest BCUT2D eigenvalue weighted by atomic mass is 9.81. The van der Waals surface area contributed by atoms with E-state index < -0.39 is 0 Å². The van der Waals surface area contributed by atoms with E-state index in [1.807, 2.05) is 0 Å². The first kappa shape index (κ1) is 40.2. The predicted octanol–water partition coefficient (Wildman–Crippen LogP) is 18.3. The Labute approximate surface area is 380 Å². The van der Waals surface area contributed by atoms with Crippen LogP contribution in [0, 0.1) is 0 Å². The Hall–Kier alpha value is -6.64. The molecule has 0 amide bonds. The highest BCUT2D eigenvalue weighted by Crippen LogP contribution is 2.52. The monoisotopic (exact) mass is 830 g/mol. The van der Waals surface area contributed by atoms with Crippen LogP contribution in [0.1, 0.15) is 100 Å². The number of anilines is 5. The van der Waals surface area contributed by atoms with E-state index in [-0.39, 0.29) is 0 Å². The molecule has 2 fully saturated rings. The summed E-state index contributed by atoms with van der Waals surface area (Å²) >= 11 is 0. The van der Waals surface area contributed by atoms with Crippen molar-refractivity contribution in [3.05, 3.63) is 211 Å². The smallest absolute Gasteiger partial charge is 0.0620 e. The number of fused-ring (bicyclic) bond motifs is 2. The molecule has 0 heterocycles. The first-order valence-corrected chi connectivity index (χ1v) is 24.1. The van der Waals surface area contributed by atoms with Crippen LogP contribution in [0.4, 0.5) is 28.4 Å². The van der Waals surface area contributed by atoms with E-state index in [0.29, 0.717) is 11.8 Å². The lowest BCUT2D eigenvalue weighted by Gasteiger charge is -2.35. The van der Waals surface area contributed by atoms with Gasteiger partial charge in [0.05, 0.1) is 11.4 Å². The Kier molecular flexibility index (Phi) is 11.4. The fourth-order valence-corrected chi connectivity index (χ4v) is 11.1. The van der Waals surface area contributed by atoms with Crippen molar-refractivity contribution in [3.8, 4) is 22.3 Å².